The molecule has 0 aliphatic carbocycles. The molecular formula is C20H17ClN2O3. The van der Waals surface area contributed by atoms with E-state index < -0.39 is 5.91 Å². The largest absolute Gasteiger partial charge is 0.495 e. The zero-order valence-electron chi connectivity index (χ0n) is 14.1. The average Bonchev–Trinajstić information content (AvgIpc) is 2.65. The molecule has 3 aromatic rings. The fourth-order valence-corrected chi connectivity index (χ4v) is 2.78. The number of hydrogen-bond acceptors (Lipinski definition) is 3. The Labute approximate surface area is 155 Å². The molecule has 0 aliphatic rings. The third-order valence-electron chi connectivity index (χ3n) is 3.92. The standard InChI is InChI=1S/C20H17ClN2O3/c1-26-18-11-5-4-10-17(18)22-19(24)15-8-6-12-23(20(15)25)13-14-7-2-3-9-16(14)21/h2-12H,13H2,1H3,(H,22,24). The molecule has 0 atom stereocenters. The Morgan fingerprint density at radius 1 is 1.08 bits per heavy atom. The van der Waals surface area contributed by atoms with Crippen molar-refractivity contribution in [2.45, 2.75) is 6.54 Å². The normalized spacial score (nSPS) is 10.4. The maximum absolute atomic E-state index is 12.7. The smallest absolute Gasteiger partial charge is 0.263 e. The van der Waals surface area contributed by atoms with Gasteiger partial charge < -0.3 is 14.6 Å². The monoisotopic (exact) mass is 368 g/mol. The Morgan fingerprint density at radius 2 is 1.81 bits per heavy atom. The van der Waals surface area contributed by atoms with Crippen LogP contribution >= 0.6 is 11.6 Å². The van der Waals surface area contributed by atoms with Crippen LogP contribution in [0.4, 0.5) is 5.69 Å². The van der Waals surface area contributed by atoms with E-state index in [0.29, 0.717) is 16.5 Å². The van der Waals surface area contributed by atoms with Crippen molar-refractivity contribution in [3.8, 4) is 5.75 Å². The van der Waals surface area contributed by atoms with Gasteiger partial charge in [0.2, 0.25) is 0 Å². The first-order valence-corrected chi connectivity index (χ1v) is 8.35. The van der Waals surface area contributed by atoms with Crippen molar-refractivity contribution >= 4 is 23.2 Å². The molecule has 1 N–H and O–H groups in total. The highest BCUT2D eigenvalue weighted by Crippen LogP contribution is 2.23. The lowest BCUT2D eigenvalue weighted by molar-refractivity contribution is 0.102. The van der Waals surface area contributed by atoms with E-state index in [2.05, 4.69) is 5.32 Å². The van der Waals surface area contributed by atoms with Gasteiger partial charge in [-0.1, -0.05) is 41.9 Å². The Bertz CT molecular complexity index is 998. The molecule has 0 fully saturated rings. The summed E-state index contributed by atoms with van der Waals surface area (Å²) in [5.74, 6) is 0.0289. The van der Waals surface area contributed by atoms with Crippen LogP contribution in [0.5, 0.6) is 5.75 Å². The van der Waals surface area contributed by atoms with Crippen molar-refractivity contribution in [1.82, 2.24) is 4.57 Å². The molecule has 5 nitrogen and oxygen atoms in total. The molecule has 0 bridgehead atoms. The van der Waals surface area contributed by atoms with E-state index >= 15 is 0 Å². The summed E-state index contributed by atoms with van der Waals surface area (Å²) in [4.78, 5) is 25.3. The Morgan fingerprint density at radius 3 is 2.58 bits per heavy atom. The van der Waals surface area contributed by atoms with Crippen LogP contribution in [0, 0.1) is 0 Å². The van der Waals surface area contributed by atoms with Crippen LogP contribution in [0.25, 0.3) is 0 Å². The lowest BCUT2D eigenvalue weighted by Crippen LogP contribution is -2.29. The number of benzene rings is 2. The predicted octanol–water partition coefficient (Wildman–Crippen LogP) is 3.81. The van der Waals surface area contributed by atoms with Gasteiger partial charge >= 0.3 is 0 Å². The van der Waals surface area contributed by atoms with Gasteiger partial charge in [0.1, 0.15) is 11.3 Å². The maximum Gasteiger partial charge on any atom is 0.263 e. The molecule has 132 valence electrons. The molecule has 2 aromatic carbocycles. The van der Waals surface area contributed by atoms with Crippen molar-refractivity contribution in [2.75, 3.05) is 12.4 Å². The summed E-state index contributed by atoms with van der Waals surface area (Å²) in [5.41, 5.74) is 0.963. The highest BCUT2D eigenvalue weighted by atomic mass is 35.5. The molecule has 0 spiro atoms. The number of carbonyl (C=O) groups excluding carboxylic acids is 1. The summed E-state index contributed by atoms with van der Waals surface area (Å²) in [7, 11) is 1.52. The number of nitrogens with one attached hydrogen (secondary N) is 1. The maximum atomic E-state index is 12.7. The minimum Gasteiger partial charge on any atom is -0.495 e. The number of amides is 1. The number of hydrogen-bond donors (Lipinski definition) is 1. The van der Waals surface area contributed by atoms with Crippen molar-refractivity contribution < 1.29 is 9.53 Å². The number of anilines is 1. The zero-order valence-corrected chi connectivity index (χ0v) is 14.9. The fourth-order valence-electron chi connectivity index (χ4n) is 2.58. The van der Waals surface area contributed by atoms with E-state index in [0.717, 1.165) is 5.56 Å². The second-order valence-corrected chi connectivity index (χ2v) is 6.01. The van der Waals surface area contributed by atoms with Gasteiger partial charge in [0, 0.05) is 11.2 Å². The molecule has 0 aliphatic heterocycles. The van der Waals surface area contributed by atoms with Gasteiger partial charge in [-0.3, -0.25) is 9.59 Å². The molecule has 0 saturated carbocycles. The summed E-state index contributed by atoms with van der Waals surface area (Å²) >= 11 is 6.16. The average molecular weight is 369 g/mol. The minimum atomic E-state index is -0.493. The van der Waals surface area contributed by atoms with Crippen LogP contribution < -0.4 is 15.6 Å². The van der Waals surface area contributed by atoms with Crippen LogP contribution in [0.1, 0.15) is 15.9 Å². The first-order chi connectivity index (χ1) is 12.6. The van der Waals surface area contributed by atoms with Crippen molar-refractivity contribution in [2.24, 2.45) is 0 Å². The fraction of sp³-hybridized carbons (Fsp3) is 0.100. The van der Waals surface area contributed by atoms with E-state index in [1.54, 1.807) is 42.6 Å². The molecule has 1 heterocycles. The number of rotatable bonds is 5. The summed E-state index contributed by atoms with van der Waals surface area (Å²) in [6.45, 7) is 0.286. The van der Waals surface area contributed by atoms with E-state index in [1.165, 1.54) is 17.7 Å². The summed E-state index contributed by atoms with van der Waals surface area (Å²) in [6, 6.07) is 17.5. The SMILES string of the molecule is COc1ccccc1NC(=O)c1cccn(Cc2ccccc2Cl)c1=O. The number of pyridine rings is 1. The predicted molar refractivity (Wildman–Crippen MR) is 102 cm³/mol. The molecular weight excluding hydrogens is 352 g/mol. The number of ether oxygens (including phenoxy) is 1. The minimum absolute atomic E-state index is 0.0467. The van der Waals surface area contributed by atoms with Crippen molar-refractivity contribution in [3.63, 3.8) is 0 Å². The van der Waals surface area contributed by atoms with Crippen LogP contribution in [-0.4, -0.2) is 17.6 Å². The van der Waals surface area contributed by atoms with Gasteiger partial charge in [-0.25, -0.2) is 0 Å². The number of carbonyl (C=O) groups is 1. The molecule has 3 rings (SSSR count). The van der Waals surface area contributed by atoms with Crippen LogP contribution in [-0.2, 0) is 6.54 Å². The topological polar surface area (TPSA) is 60.3 Å². The van der Waals surface area contributed by atoms with Gasteiger partial charge in [-0.15, -0.1) is 0 Å². The second-order valence-electron chi connectivity index (χ2n) is 5.60. The van der Waals surface area contributed by atoms with Gasteiger partial charge in [0.25, 0.3) is 11.5 Å². The number of nitrogens with zero attached hydrogens (tertiary/aromatic N) is 1. The van der Waals surface area contributed by atoms with Gasteiger partial charge in [-0.2, -0.15) is 0 Å². The Hall–Kier alpha value is -3.05. The molecule has 1 aromatic heterocycles. The second kappa shape index (κ2) is 7.89. The third kappa shape index (κ3) is 3.78. The van der Waals surface area contributed by atoms with Crippen LogP contribution in [0.15, 0.2) is 71.7 Å². The third-order valence-corrected chi connectivity index (χ3v) is 4.29. The van der Waals surface area contributed by atoms with Gasteiger partial charge in [-0.05, 0) is 35.9 Å². The van der Waals surface area contributed by atoms with Crippen LogP contribution in [0.3, 0.4) is 0 Å². The zero-order chi connectivity index (χ0) is 18.5. The molecule has 0 unspecified atom stereocenters. The molecule has 0 saturated heterocycles. The van der Waals surface area contributed by atoms with Crippen molar-refractivity contribution in [1.29, 1.82) is 0 Å². The number of methoxy groups -OCH3 is 1. The number of halogens is 1. The molecule has 6 heteroatoms. The van der Waals surface area contributed by atoms with E-state index in [1.807, 2.05) is 18.2 Å². The quantitative estimate of drug-likeness (QED) is 0.745. The van der Waals surface area contributed by atoms with Gasteiger partial charge in [0.15, 0.2) is 0 Å². The molecule has 26 heavy (non-hydrogen) atoms. The Kier molecular flexibility index (Phi) is 5.39. The Balaban J connectivity index is 1.88. The van der Waals surface area contributed by atoms with E-state index in [4.69, 9.17) is 16.3 Å². The summed E-state index contributed by atoms with van der Waals surface area (Å²) < 4.78 is 6.67. The summed E-state index contributed by atoms with van der Waals surface area (Å²) in [6.07, 6.45) is 1.63. The molecule has 0 radical (unpaired) electrons. The highest BCUT2D eigenvalue weighted by Gasteiger charge is 2.14. The highest BCUT2D eigenvalue weighted by molar-refractivity contribution is 6.31. The number of aromatic nitrogens is 1. The van der Waals surface area contributed by atoms with Crippen molar-refractivity contribution in [3.05, 3.63) is 93.4 Å². The first kappa shape index (κ1) is 17.8. The van der Waals surface area contributed by atoms with Crippen LogP contribution in [0.2, 0.25) is 5.02 Å². The lowest BCUT2D eigenvalue weighted by atomic mass is 10.2. The molecule has 1 amide bonds. The number of para-hydroxylation sites is 2. The van der Waals surface area contributed by atoms with Gasteiger partial charge in [0.05, 0.1) is 19.3 Å². The summed E-state index contributed by atoms with van der Waals surface area (Å²) in [5, 5.41) is 3.29. The first-order valence-electron chi connectivity index (χ1n) is 7.97. The van der Waals surface area contributed by atoms with E-state index in [9.17, 15) is 9.59 Å². The lowest BCUT2D eigenvalue weighted by Gasteiger charge is -2.11. The van der Waals surface area contributed by atoms with E-state index in [-0.39, 0.29) is 17.7 Å².